The predicted octanol–water partition coefficient (Wildman–Crippen LogP) is 2.35. The van der Waals surface area contributed by atoms with Crippen molar-refractivity contribution in [2.24, 2.45) is 23.7 Å². The fourth-order valence-corrected chi connectivity index (χ4v) is 4.61. The number of fused-ring (bicyclic) bond motifs is 2. The lowest BCUT2D eigenvalue weighted by Crippen LogP contribution is -2.46. The molecule has 0 spiro atoms. The fraction of sp³-hybridized carbons (Fsp3) is 0.438. The van der Waals surface area contributed by atoms with Crippen molar-refractivity contribution in [1.82, 2.24) is 0 Å². The van der Waals surface area contributed by atoms with Crippen LogP contribution in [0.5, 0.6) is 0 Å². The SMILES string of the molecule is O=C1C[C@@H]2CC[C@H]1[C@@H]1C(=O)N(c3ccc(Cl)c([N+](=O)[O-])c3)C(=O)[C@H]21. The Kier molecular flexibility index (Phi) is 3.25. The minimum atomic E-state index is -0.656. The second-order valence-corrected chi connectivity index (χ2v) is 6.98. The zero-order valence-electron chi connectivity index (χ0n) is 12.5. The first kappa shape index (κ1) is 15.3. The summed E-state index contributed by atoms with van der Waals surface area (Å²) >= 11 is 5.79. The van der Waals surface area contributed by atoms with Crippen molar-refractivity contribution in [2.75, 3.05) is 4.90 Å². The molecule has 3 aliphatic carbocycles. The van der Waals surface area contributed by atoms with Crippen molar-refractivity contribution in [2.45, 2.75) is 19.3 Å². The summed E-state index contributed by atoms with van der Waals surface area (Å²) in [6.07, 6.45) is 1.75. The number of nitro benzene ring substituents is 1. The van der Waals surface area contributed by atoms with Gasteiger partial charge in [-0.15, -0.1) is 0 Å². The van der Waals surface area contributed by atoms with Gasteiger partial charge in [0.25, 0.3) is 5.69 Å². The lowest BCUT2D eigenvalue weighted by molar-refractivity contribution is -0.384. The molecule has 0 radical (unpaired) electrons. The molecule has 0 unspecified atom stereocenters. The minimum Gasteiger partial charge on any atom is -0.299 e. The number of hydrogen-bond acceptors (Lipinski definition) is 5. The molecule has 124 valence electrons. The highest BCUT2D eigenvalue weighted by Crippen LogP contribution is 2.52. The van der Waals surface area contributed by atoms with Gasteiger partial charge in [-0.25, -0.2) is 4.90 Å². The Morgan fingerprint density at radius 3 is 2.50 bits per heavy atom. The molecule has 1 aromatic carbocycles. The van der Waals surface area contributed by atoms with Gasteiger partial charge >= 0.3 is 0 Å². The molecule has 5 rings (SSSR count). The Labute approximate surface area is 141 Å². The normalized spacial score (nSPS) is 31.5. The third-order valence-electron chi connectivity index (χ3n) is 5.45. The molecule has 2 bridgehead atoms. The van der Waals surface area contributed by atoms with Crippen LogP contribution in [0.1, 0.15) is 19.3 Å². The monoisotopic (exact) mass is 348 g/mol. The van der Waals surface area contributed by atoms with Crippen LogP contribution in [0.4, 0.5) is 11.4 Å². The lowest BCUT2D eigenvalue weighted by atomic mass is 9.59. The molecule has 3 saturated carbocycles. The zero-order chi connectivity index (χ0) is 17.2. The van der Waals surface area contributed by atoms with Crippen LogP contribution in [0.25, 0.3) is 0 Å². The summed E-state index contributed by atoms with van der Waals surface area (Å²) in [6.45, 7) is 0. The van der Waals surface area contributed by atoms with Crippen LogP contribution >= 0.6 is 11.6 Å². The van der Waals surface area contributed by atoms with Crippen LogP contribution in [0.15, 0.2) is 18.2 Å². The summed E-state index contributed by atoms with van der Waals surface area (Å²) in [5, 5.41) is 11.0. The molecule has 1 saturated heterocycles. The highest BCUT2D eigenvalue weighted by Gasteiger charge is 2.61. The van der Waals surface area contributed by atoms with E-state index in [1.165, 1.54) is 12.1 Å². The third-order valence-corrected chi connectivity index (χ3v) is 5.77. The summed E-state index contributed by atoms with van der Waals surface area (Å²) in [7, 11) is 0. The molecule has 0 N–H and O–H groups in total. The summed E-state index contributed by atoms with van der Waals surface area (Å²) < 4.78 is 0. The number of halogens is 1. The van der Waals surface area contributed by atoms with E-state index in [9.17, 15) is 24.5 Å². The number of imide groups is 1. The average molecular weight is 349 g/mol. The number of ketones is 1. The maximum atomic E-state index is 12.8. The van der Waals surface area contributed by atoms with Crippen molar-refractivity contribution in [1.29, 1.82) is 0 Å². The minimum absolute atomic E-state index is 0.0533. The Morgan fingerprint density at radius 2 is 1.83 bits per heavy atom. The van der Waals surface area contributed by atoms with E-state index in [0.717, 1.165) is 17.4 Å². The molecule has 1 aromatic rings. The quantitative estimate of drug-likeness (QED) is 0.464. The standard InChI is InChI=1S/C16H13ClN2O5/c17-10-4-2-8(6-11(10)19(23)24)18-15(21)13-7-1-3-9(12(20)5-7)14(13)16(18)22/h2,4,6-7,9,13-14H,1,3,5H2/t7-,9+,13+,14-/m0/s1. The molecule has 1 aliphatic heterocycles. The first-order valence-corrected chi connectivity index (χ1v) is 8.12. The third kappa shape index (κ3) is 1.94. The first-order valence-electron chi connectivity index (χ1n) is 7.74. The molecule has 1 heterocycles. The molecule has 4 aliphatic rings. The number of amides is 2. The van der Waals surface area contributed by atoms with Gasteiger partial charge in [0.2, 0.25) is 11.8 Å². The van der Waals surface area contributed by atoms with Crippen molar-refractivity contribution < 1.29 is 19.3 Å². The number of rotatable bonds is 2. The van der Waals surface area contributed by atoms with Gasteiger partial charge in [-0.2, -0.15) is 0 Å². The van der Waals surface area contributed by atoms with E-state index >= 15 is 0 Å². The number of carbonyl (C=O) groups is 3. The molecule has 4 atom stereocenters. The van der Waals surface area contributed by atoms with E-state index in [2.05, 4.69) is 0 Å². The van der Waals surface area contributed by atoms with Crippen LogP contribution in [-0.4, -0.2) is 22.5 Å². The van der Waals surface area contributed by atoms with Crippen LogP contribution in [0.3, 0.4) is 0 Å². The van der Waals surface area contributed by atoms with E-state index in [4.69, 9.17) is 11.6 Å². The van der Waals surface area contributed by atoms with Crippen LogP contribution in [0, 0.1) is 33.8 Å². The molecule has 7 nitrogen and oxygen atoms in total. The van der Waals surface area contributed by atoms with Gasteiger partial charge in [0.05, 0.1) is 22.4 Å². The average Bonchev–Trinajstić information content (AvgIpc) is 2.81. The Morgan fingerprint density at radius 1 is 1.12 bits per heavy atom. The lowest BCUT2D eigenvalue weighted by Gasteiger charge is -2.41. The summed E-state index contributed by atoms with van der Waals surface area (Å²) in [5.74, 6) is -2.33. The second kappa shape index (κ2) is 5.11. The zero-order valence-corrected chi connectivity index (χ0v) is 13.2. The molecule has 0 aromatic heterocycles. The maximum absolute atomic E-state index is 12.8. The van der Waals surface area contributed by atoms with E-state index in [0.29, 0.717) is 12.8 Å². The van der Waals surface area contributed by atoms with Crippen molar-refractivity contribution in [3.63, 3.8) is 0 Å². The molecular formula is C16H13ClN2O5. The molecular weight excluding hydrogens is 336 g/mol. The fourth-order valence-electron chi connectivity index (χ4n) is 4.42. The number of anilines is 1. The predicted molar refractivity (Wildman–Crippen MR) is 83.4 cm³/mol. The highest BCUT2D eigenvalue weighted by molar-refractivity contribution is 6.33. The summed E-state index contributed by atoms with van der Waals surface area (Å²) in [5.41, 5.74) is -0.217. The summed E-state index contributed by atoms with van der Waals surface area (Å²) in [6, 6.07) is 3.86. The molecule has 4 fully saturated rings. The molecule has 8 heteroatoms. The van der Waals surface area contributed by atoms with Gasteiger partial charge in [0.15, 0.2) is 0 Å². The number of benzene rings is 1. The Bertz CT molecular complexity index is 808. The van der Waals surface area contributed by atoms with Crippen molar-refractivity contribution >= 4 is 40.6 Å². The van der Waals surface area contributed by atoms with Gasteiger partial charge in [0, 0.05) is 18.4 Å². The highest BCUT2D eigenvalue weighted by atomic mass is 35.5. The number of Topliss-reactive ketones (excluding diaryl/α,β-unsaturated/α-hetero) is 1. The number of hydrogen-bond donors (Lipinski definition) is 0. The van der Waals surface area contributed by atoms with Crippen molar-refractivity contribution in [3.8, 4) is 0 Å². The van der Waals surface area contributed by atoms with Gasteiger partial charge in [-0.05, 0) is 30.9 Å². The van der Waals surface area contributed by atoms with E-state index in [1.807, 2.05) is 0 Å². The van der Waals surface area contributed by atoms with Gasteiger partial charge in [-0.1, -0.05) is 11.6 Å². The van der Waals surface area contributed by atoms with Gasteiger partial charge < -0.3 is 0 Å². The van der Waals surface area contributed by atoms with E-state index < -0.39 is 28.6 Å². The van der Waals surface area contributed by atoms with Crippen LogP contribution < -0.4 is 4.90 Å². The topological polar surface area (TPSA) is 97.6 Å². The number of nitro groups is 1. The second-order valence-electron chi connectivity index (χ2n) is 6.57. The maximum Gasteiger partial charge on any atom is 0.289 e. The Balaban J connectivity index is 1.77. The van der Waals surface area contributed by atoms with Crippen molar-refractivity contribution in [3.05, 3.63) is 33.3 Å². The van der Waals surface area contributed by atoms with Crippen LogP contribution in [-0.2, 0) is 14.4 Å². The molecule has 24 heavy (non-hydrogen) atoms. The smallest absolute Gasteiger partial charge is 0.289 e. The van der Waals surface area contributed by atoms with E-state index in [-0.39, 0.29) is 34.0 Å². The van der Waals surface area contributed by atoms with Crippen LogP contribution in [0.2, 0.25) is 5.02 Å². The first-order chi connectivity index (χ1) is 11.4. The Hall–Kier alpha value is -2.28. The number of carbonyl (C=O) groups excluding carboxylic acids is 3. The summed E-state index contributed by atoms with van der Waals surface area (Å²) in [4.78, 5) is 49.1. The van der Waals surface area contributed by atoms with Gasteiger partial charge in [-0.3, -0.25) is 24.5 Å². The molecule has 2 amide bonds. The number of nitrogens with zero attached hydrogens (tertiary/aromatic N) is 2. The van der Waals surface area contributed by atoms with E-state index in [1.54, 1.807) is 0 Å². The van der Waals surface area contributed by atoms with Gasteiger partial charge in [0.1, 0.15) is 10.8 Å². The largest absolute Gasteiger partial charge is 0.299 e.